The van der Waals surface area contributed by atoms with E-state index < -0.39 is 0 Å². The summed E-state index contributed by atoms with van der Waals surface area (Å²) in [6, 6.07) is 13.2. The Morgan fingerprint density at radius 1 is 1.21 bits per heavy atom. The van der Waals surface area contributed by atoms with Crippen LogP contribution in [0.2, 0.25) is 0 Å². The fourth-order valence-corrected chi connectivity index (χ4v) is 1.84. The van der Waals surface area contributed by atoms with Crippen LogP contribution >= 0.6 is 0 Å². The Kier molecular flexibility index (Phi) is 4.36. The molecule has 0 aliphatic carbocycles. The van der Waals surface area contributed by atoms with Gasteiger partial charge in [0, 0.05) is 5.69 Å². The molecule has 4 heteroatoms. The third-order valence-electron chi connectivity index (χ3n) is 2.86. The van der Waals surface area contributed by atoms with Gasteiger partial charge in [0.15, 0.2) is 0 Å². The van der Waals surface area contributed by atoms with Crippen molar-refractivity contribution < 1.29 is 14.2 Å². The highest BCUT2D eigenvalue weighted by Crippen LogP contribution is 2.22. The number of anilines is 1. The number of aliphatic hydroxyl groups is 1. The SMILES string of the molecule is COc1cccc(C(CO)Nc2ccc(F)cc2)c1. The maximum absolute atomic E-state index is 12.8. The number of nitrogens with one attached hydrogen (secondary N) is 1. The van der Waals surface area contributed by atoms with Gasteiger partial charge in [-0.05, 0) is 42.0 Å². The first-order chi connectivity index (χ1) is 9.22. The van der Waals surface area contributed by atoms with E-state index in [1.54, 1.807) is 19.2 Å². The largest absolute Gasteiger partial charge is 0.497 e. The molecule has 19 heavy (non-hydrogen) atoms. The van der Waals surface area contributed by atoms with Crippen molar-refractivity contribution in [2.24, 2.45) is 0 Å². The molecule has 0 aromatic heterocycles. The minimum absolute atomic E-state index is 0.0649. The molecule has 0 saturated heterocycles. The predicted octanol–water partition coefficient (Wildman–Crippen LogP) is 2.98. The third-order valence-corrected chi connectivity index (χ3v) is 2.86. The van der Waals surface area contributed by atoms with Crippen molar-refractivity contribution in [1.82, 2.24) is 0 Å². The van der Waals surface area contributed by atoms with Gasteiger partial charge >= 0.3 is 0 Å². The Morgan fingerprint density at radius 3 is 2.58 bits per heavy atom. The molecule has 0 spiro atoms. The van der Waals surface area contributed by atoms with Crippen LogP contribution in [0.3, 0.4) is 0 Å². The Morgan fingerprint density at radius 2 is 1.95 bits per heavy atom. The average molecular weight is 261 g/mol. The second-order valence-electron chi connectivity index (χ2n) is 4.16. The van der Waals surface area contributed by atoms with Gasteiger partial charge < -0.3 is 15.2 Å². The predicted molar refractivity (Wildman–Crippen MR) is 72.8 cm³/mol. The van der Waals surface area contributed by atoms with Crippen molar-refractivity contribution in [1.29, 1.82) is 0 Å². The number of aliphatic hydroxyl groups excluding tert-OH is 1. The highest BCUT2D eigenvalue weighted by molar-refractivity contribution is 5.46. The first kappa shape index (κ1) is 13.4. The van der Waals surface area contributed by atoms with E-state index in [0.717, 1.165) is 17.0 Å². The number of methoxy groups -OCH3 is 1. The zero-order chi connectivity index (χ0) is 13.7. The lowest BCUT2D eigenvalue weighted by Crippen LogP contribution is -2.14. The van der Waals surface area contributed by atoms with E-state index in [2.05, 4.69) is 5.32 Å². The highest BCUT2D eigenvalue weighted by Gasteiger charge is 2.11. The van der Waals surface area contributed by atoms with Crippen molar-refractivity contribution in [3.8, 4) is 5.75 Å². The molecule has 1 unspecified atom stereocenters. The summed E-state index contributed by atoms with van der Waals surface area (Å²) >= 11 is 0. The first-order valence-corrected chi connectivity index (χ1v) is 6.00. The lowest BCUT2D eigenvalue weighted by atomic mass is 10.1. The summed E-state index contributed by atoms with van der Waals surface area (Å²) < 4.78 is 18.0. The molecule has 100 valence electrons. The van der Waals surface area contributed by atoms with E-state index in [0.29, 0.717) is 0 Å². The van der Waals surface area contributed by atoms with E-state index in [-0.39, 0.29) is 18.5 Å². The Hall–Kier alpha value is -2.07. The van der Waals surface area contributed by atoms with Crippen molar-refractivity contribution in [3.63, 3.8) is 0 Å². The number of halogens is 1. The fourth-order valence-electron chi connectivity index (χ4n) is 1.84. The molecule has 0 radical (unpaired) electrons. The molecule has 2 aromatic rings. The fraction of sp³-hybridized carbons (Fsp3) is 0.200. The van der Waals surface area contributed by atoms with Crippen molar-refractivity contribution >= 4 is 5.69 Å². The lowest BCUT2D eigenvalue weighted by molar-refractivity contribution is 0.276. The van der Waals surface area contributed by atoms with Crippen molar-refractivity contribution in [2.75, 3.05) is 19.0 Å². The maximum Gasteiger partial charge on any atom is 0.123 e. The zero-order valence-electron chi connectivity index (χ0n) is 10.6. The molecule has 0 amide bonds. The van der Waals surface area contributed by atoms with Gasteiger partial charge in [-0.25, -0.2) is 4.39 Å². The molecule has 0 fully saturated rings. The second kappa shape index (κ2) is 6.20. The summed E-state index contributed by atoms with van der Waals surface area (Å²) in [7, 11) is 1.60. The number of rotatable bonds is 5. The van der Waals surface area contributed by atoms with Crippen LogP contribution in [-0.4, -0.2) is 18.8 Å². The molecule has 2 rings (SSSR count). The molecular formula is C15H16FNO2. The number of benzene rings is 2. The molecule has 0 heterocycles. The molecule has 1 atom stereocenters. The lowest BCUT2D eigenvalue weighted by Gasteiger charge is -2.18. The van der Waals surface area contributed by atoms with Crippen LogP contribution in [0.15, 0.2) is 48.5 Å². The van der Waals surface area contributed by atoms with Gasteiger partial charge in [0.05, 0.1) is 19.8 Å². The van der Waals surface area contributed by atoms with Crippen molar-refractivity contribution in [2.45, 2.75) is 6.04 Å². The Bertz CT molecular complexity index is 528. The summed E-state index contributed by atoms with van der Waals surface area (Å²) in [6.07, 6.45) is 0. The van der Waals surface area contributed by atoms with Crippen LogP contribution in [0.4, 0.5) is 10.1 Å². The van der Waals surface area contributed by atoms with E-state index in [9.17, 15) is 9.50 Å². The highest BCUT2D eigenvalue weighted by atomic mass is 19.1. The summed E-state index contributed by atoms with van der Waals surface area (Å²) in [6.45, 7) is -0.0649. The van der Waals surface area contributed by atoms with E-state index in [1.165, 1.54) is 12.1 Å². The summed E-state index contributed by atoms with van der Waals surface area (Å²) in [5, 5.41) is 12.6. The standard InChI is InChI=1S/C15H16FNO2/c1-19-14-4-2-3-11(9-14)15(10-18)17-13-7-5-12(16)6-8-13/h2-9,15,17-18H,10H2,1H3. The van der Waals surface area contributed by atoms with Crippen molar-refractivity contribution in [3.05, 3.63) is 59.9 Å². The molecule has 0 aliphatic heterocycles. The quantitative estimate of drug-likeness (QED) is 0.869. The molecule has 2 aromatic carbocycles. The van der Waals surface area contributed by atoms with E-state index in [4.69, 9.17) is 4.74 Å². The van der Waals surface area contributed by atoms with Crippen LogP contribution in [0.1, 0.15) is 11.6 Å². The zero-order valence-corrected chi connectivity index (χ0v) is 10.6. The number of hydrogen-bond donors (Lipinski definition) is 2. The molecular weight excluding hydrogens is 245 g/mol. The van der Waals surface area contributed by atoms with Gasteiger partial charge in [-0.3, -0.25) is 0 Å². The number of ether oxygens (including phenoxy) is 1. The van der Waals surface area contributed by atoms with Gasteiger partial charge in [-0.2, -0.15) is 0 Å². The molecule has 0 bridgehead atoms. The second-order valence-corrected chi connectivity index (χ2v) is 4.16. The van der Waals surface area contributed by atoms with E-state index >= 15 is 0 Å². The van der Waals surface area contributed by atoms with Gasteiger partial charge in [0.2, 0.25) is 0 Å². The van der Waals surface area contributed by atoms with Gasteiger partial charge in [-0.1, -0.05) is 12.1 Å². The maximum atomic E-state index is 12.8. The summed E-state index contributed by atoms with van der Waals surface area (Å²) in [4.78, 5) is 0. The molecule has 0 saturated carbocycles. The summed E-state index contributed by atoms with van der Waals surface area (Å²) in [5.41, 5.74) is 1.66. The Balaban J connectivity index is 2.17. The normalized spacial score (nSPS) is 11.9. The van der Waals surface area contributed by atoms with Crippen LogP contribution in [0.5, 0.6) is 5.75 Å². The van der Waals surface area contributed by atoms with Crippen LogP contribution < -0.4 is 10.1 Å². The van der Waals surface area contributed by atoms with Gasteiger partial charge in [0.25, 0.3) is 0 Å². The van der Waals surface area contributed by atoms with Crippen LogP contribution in [-0.2, 0) is 0 Å². The molecule has 0 aliphatic rings. The topological polar surface area (TPSA) is 41.5 Å². The van der Waals surface area contributed by atoms with Gasteiger partial charge in [-0.15, -0.1) is 0 Å². The molecule has 2 N–H and O–H groups in total. The Labute approximate surface area is 111 Å². The minimum Gasteiger partial charge on any atom is -0.497 e. The van der Waals surface area contributed by atoms with Gasteiger partial charge in [0.1, 0.15) is 11.6 Å². The average Bonchev–Trinajstić information content (AvgIpc) is 2.46. The third kappa shape index (κ3) is 3.45. The van der Waals surface area contributed by atoms with E-state index in [1.807, 2.05) is 24.3 Å². The molecule has 3 nitrogen and oxygen atoms in total. The summed E-state index contributed by atoms with van der Waals surface area (Å²) in [5.74, 6) is 0.448. The smallest absolute Gasteiger partial charge is 0.123 e. The monoisotopic (exact) mass is 261 g/mol. The van der Waals surface area contributed by atoms with Crippen LogP contribution in [0, 0.1) is 5.82 Å². The van der Waals surface area contributed by atoms with Crippen LogP contribution in [0.25, 0.3) is 0 Å². The first-order valence-electron chi connectivity index (χ1n) is 6.00. The minimum atomic E-state index is -0.285. The number of hydrogen-bond acceptors (Lipinski definition) is 3.